The number of aromatic nitrogens is 2. The van der Waals surface area contributed by atoms with Crippen molar-refractivity contribution in [3.63, 3.8) is 0 Å². The second kappa shape index (κ2) is 9.87. The Labute approximate surface area is 205 Å². The topological polar surface area (TPSA) is 83.3 Å². The predicted octanol–water partition coefficient (Wildman–Crippen LogP) is 2.42. The molecule has 35 heavy (non-hydrogen) atoms. The van der Waals surface area contributed by atoms with Gasteiger partial charge in [-0.25, -0.2) is 4.68 Å². The van der Waals surface area contributed by atoms with E-state index in [4.69, 9.17) is 14.6 Å². The average Bonchev–Trinajstić information content (AvgIpc) is 3.55. The zero-order valence-corrected chi connectivity index (χ0v) is 20.1. The maximum atomic E-state index is 13.7. The zero-order valence-electron chi connectivity index (χ0n) is 20.1. The fourth-order valence-corrected chi connectivity index (χ4v) is 4.70. The number of carbonyl (C=O) groups excluding carboxylic acids is 1. The second-order valence-electron chi connectivity index (χ2n) is 8.87. The van der Waals surface area contributed by atoms with Crippen molar-refractivity contribution in [1.82, 2.24) is 14.7 Å². The van der Waals surface area contributed by atoms with Gasteiger partial charge in [-0.15, -0.1) is 5.10 Å². The third-order valence-corrected chi connectivity index (χ3v) is 6.67. The number of β-amino-alcohol motifs (C(OH)–C–C–N with tert-alkyl or cyclic N) is 1. The number of hydrogen-bond acceptors (Lipinski definition) is 7. The van der Waals surface area contributed by atoms with E-state index in [-0.39, 0.29) is 12.0 Å². The summed E-state index contributed by atoms with van der Waals surface area (Å²) in [5.74, 6) is 2.15. The Hall–Kier alpha value is -3.72. The normalized spacial score (nSPS) is 18.1. The highest BCUT2D eigenvalue weighted by Crippen LogP contribution is 2.30. The number of aliphatic hydroxyl groups is 1. The summed E-state index contributed by atoms with van der Waals surface area (Å²) in [5.41, 5.74) is 2.38. The number of piperazine rings is 1. The number of rotatable bonds is 6. The Morgan fingerprint density at radius 1 is 0.886 bits per heavy atom. The van der Waals surface area contributed by atoms with Crippen molar-refractivity contribution in [2.24, 2.45) is 0 Å². The van der Waals surface area contributed by atoms with Crippen LogP contribution in [0.5, 0.6) is 11.5 Å². The van der Waals surface area contributed by atoms with Gasteiger partial charge < -0.3 is 29.3 Å². The molecule has 2 fully saturated rings. The SMILES string of the molecule is COc1cc(OC)cc(N2CCN(C(=O)c3cc(N4CCC(O)C4)nn3-c3ccccc3)CC2)c1. The number of hydrogen-bond donors (Lipinski definition) is 1. The summed E-state index contributed by atoms with van der Waals surface area (Å²) in [6.07, 6.45) is 0.345. The zero-order chi connectivity index (χ0) is 24.4. The van der Waals surface area contributed by atoms with Crippen LogP contribution < -0.4 is 19.3 Å². The van der Waals surface area contributed by atoms with Crippen LogP contribution in [0.1, 0.15) is 16.9 Å². The van der Waals surface area contributed by atoms with Crippen molar-refractivity contribution in [2.75, 3.05) is 63.3 Å². The first kappa shape index (κ1) is 23.0. The molecule has 0 radical (unpaired) electrons. The third kappa shape index (κ3) is 4.77. The highest BCUT2D eigenvalue weighted by molar-refractivity contribution is 5.94. The van der Waals surface area contributed by atoms with Crippen molar-refractivity contribution in [3.8, 4) is 17.2 Å². The van der Waals surface area contributed by atoms with Crippen LogP contribution in [-0.4, -0.2) is 85.3 Å². The fraction of sp³-hybridized carbons (Fsp3) is 0.385. The summed E-state index contributed by atoms with van der Waals surface area (Å²) in [5, 5.41) is 14.7. The number of methoxy groups -OCH3 is 2. The van der Waals surface area contributed by atoms with Crippen molar-refractivity contribution in [2.45, 2.75) is 12.5 Å². The minimum atomic E-state index is -0.362. The van der Waals surface area contributed by atoms with E-state index in [1.54, 1.807) is 18.9 Å². The molecule has 1 unspecified atom stereocenters. The molecule has 5 rings (SSSR count). The van der Waals surface area contributed by atoms with Gasteiger partial charge in [0, 0.05) is 69.2 Å². The molecule has 3 heterocycles. The average molecular weight is 478 g/mol. The first-order valence-corrected chi connectivity index (χ1v) is 11.9. The van der Waals surface area contributed by atoms with E-state index < -0.39 is 0 Å². The van der Waals surface area contributed by atoms with Crippen molar-refractivity contribution >= 4 is 17.4 Å². The van der Waals surface area contributed by atoms with Crippen LogP contribution >= 0.6 is 0 Å². The highest BCUT2D eigenvalue weighted by atomic mass is 16.5. The fourth-order valence-electron chi connectivity index (χ4n) is 4.70. The van der Waals surface area contributed by atoms with Crippen LogP contribution in [0, 0.1) is 0 Å². The number of carbonyl (C=O) groups is 1. The number of nitrogens with zero attached hydrogens (tertiary/aromatic N) is 5. The van der Waals surface area contributed by atoms with Gasteiger partial charge in [0.05, 0.1) is 26.0 Å². The number of benzene rings is 2. The van der Waals surface area contributed by atoms with Gasteiger partial charge in [0.1, 0.15) is 17.2 Å². The molecule has 3 aromatic rings. The summed E-state index contributed by atoms with van der Waals surface area (Å²) in [7, 11) is 3.28. The Balaban J connectivity index is 1.36. The Morgan fingerprint density at radius 2 is 1.57 bits per heavy atom. The summed E-state index contributed by atoms with van der Waals surface area (Å²) in [6.45, 7) is 3.84. The number of para-hydroxylation sites is 1. The number of anilines is 2. The third-order valence-electron chi connectivity index (χ3n) is 6.67. The summed E-state index contributed by atoms with van der Waals surface area (Å²) >= 11 is 0. The molecule has 2 aliphatic heterocycles. The van der Waals surface area contributed by atoms with E-state index in [0.29, 0.717) is 44.8 Å². The lowest BCUT2D eigenvalue weighted by molar-refractivity contribution is 0.0737. The molecule has 2 aromatic carbocycles. The summed E-state index contributed by atoms with van der Waals surface area (Å²) in [6, 6.07) is 17.4. The maximum Gasteiger partial charge on any atom is 0.272 e. The van der Waals surface area contributed by atoms with Gasteiger partial charge in [-0.2, -0.15) is 0 Å². The molecule has 9 nitrogen and oxygen atoms in total. The molecule has 0 aliphatic carbocycles. The van der Waals surface area contributed by atoms with E-state index in [2.05, 4.69) is 4.90 Å². The standard InChI is InChI=1S/C26H31N5O4/c1-34-22-14-20(15-23(16-22)35-2)28-10-12-29(13-11-28)26(33)24-17-25(30-9-8-21(32)18-30)27-31(24)19-6-4-3-5-7-19/h3-7,14-17,21,32H,8-13,18H2,1-2H3. The lowest BCUT2D eigenvalue weighted by Crippen LogP contribution is -2.49. The quantitative estimate of drug-likeness (QED) is 0.584. The minimum Gasteiger partial charge on any atom is -0.497 e. The van der Waals surface area contributed by atoms with Gasteiger partial charge in [-0.1, -0.05) is 18.2 Å². The van der Waals surface area contributed by atoms with Crippen LogP contribution in [0.15, 0.2) is 54.6 Å². The van der Waals surface area contributed by atoms with Crippen molar-refractivity contribution in [3.05, 3.63) is 60.3 Å². The molecule has 2 saturated heterocycles. The monoisotopic (exact) mass is 477 g/mol. The van der Waals surface area contributed by atoms with Crippen molar-refractivity contribution in [1.29, 1.82) is 0 Å². The Kier molecular flexibility index (Phi) is 6.50. The first-order chi connectivity index (χ1) is 17.1. The lowest BCUT2D eigenvalue weighted by Gasteiger charge is -2.36. The van der Waals surface area contributed by atoms with Crippen LogP contribution in [0.25, 0.3) is 5.69 Å². The lowest BCUT2D eigenvalue weighted by atomic mass is 10.2. The molecule has 0 spiro atoms. The molecule has 9 heteroatoms. The van der Waals surface area contributed by atoms with Crippen LogP contribution in [-0.2, 0) is 0 Å². The van der Waals surface area contributed by atoms with Gasteiger partial charge in [0.2, 0.25) is 0 Å². The van der Waals surface area contributed by atoms with Crippen LogP contribution in [0.3, 0.4) is 0 Å². The highest BCUT2D eigenvalue weighted by Gasteiger charge is 2.29. The van der Waals surface area contributed by atoms with E-state index in [1.807, 2.05) is 64.4 Å². The van der Waals surface area contributed by atoms with E-state index in [1.165, 1.54) is 0 Å². The van der Waals surface area contributed by atoms with Gasteiger partial charge in [-0.05, 0) is 18.6 Å². The molecule has 1 aromatic heterocycles. The van der Waals surface area contributed by atoms with E-state index >= 15 is 0 Å². The van der Waals surface area contributed by atoms with Gasteiger partial charge in [0.15, 0.2) is 5.82 Å². The first-order valence-electron chi connectivity index (χ1n) is 11.9. The van der Waals surface area contributed by atoms with E-state index in [9.17, 15) is 9.90 Å². The molecule has 1 amide bonds. The number of amides is 1. The van der Waals surface area contributed by atoms with E-state index in [0.717, 1.165) is 35.2 Å². The Morgan fingerprint density at radius 3 is 2.17 bits per heavy atom. The van der Waals surface area contributed by atoms with Crippen LogP contribution in [0.2, 0.25) is 0 Å². The molecule has 1 N–H and O–H groups in total. The van der Waals surface area contributed by atoms with Gasteiger partial charge >= 0.3 is 0 Å². The number of aliphatic hydroxyl groups excluding tert-OH is 1. The minimum absolute atomic E-state index is 0.0461. The summed E-state index contributed by atoms with van der Waals surface area (Å²) < 4.78 is 12.5. The number of ether oxygens (including phenoxy) is 2. The molecular formula is C26H31N5O4. The molecule has 184 valence electrons. The predicted molar refractivity (Wildman–Crippen MR) is 134 cm³/mol. The van der Waals surface area contributed by atoms with Crippen molar-refractivity contribution < 1.29 is 19.4 Å². The second-order valence-corrected chi connectivity index (χ2v) is 8.87. The van der Waals surface area contributed by atoms with Gasteiger partial charge in [-0.3, -0.25) is 4.79 Å². The largest absolute Gasteiger partial charge is 0.497 e. The summed E-state index contributed by atoms with van der Waals surface area (Å²) in [4.78, 5) is 19.8. The molecule has 2 aliphatic rings. The maximum absolute atomic E-state index is 13.7. The van der Waals surface area contributed by atoms with Gasteiger partial charge in [0.25, 0.3) is 5.91 Å². The molecule has 1 atom stereocenters. The Bertz CT molecular complexity index is 1150. The molecule has 0 saturated carbocycles. The molecule has 0 bridgehead atoms. The molecular weight excluding hydrogens is 446 g/mol. The smallest absolute Gasteiger partial charge is 0.272 e. The van der Waals surface area contributed by atoms with Crippen LogP contribution in [0.4, 0.5) is 11.5 Å².